The molecule has 2 heterocycles. The third-order valence-corrected chi connectivity index (χ3v) is 3.68. The summed E-state index contributed by atoms with van der Waals surface area (Å²) in [5.74, 6) is 1.71. The second-order valence-electron chi connectivity index (χ2n) is 5.05. The Morgan fingerprint density at radius 1 is 1.40 bits per heavy atom. The Bertz CT molecular complexity index is 303. The molecule has 1 N–H and O–H groups in total. The quantitative estimate of drug-likeness (QED) is 0.818. The number of nitrogens with one attached hydrogen (secondary N) is 1. The molecule has 15 heavy (non-hydrogen) atoms. The van der Waals surface area contributed by atoms with Crippen LogP contribution in [0.15, 0.2) is 12.3 Å². The molecule has 0 unspecified atom stereocenters. The van der Waals surface area contributed by atoms with E-state index >= 15 is 0 Å². The molecule has 1 aromatic heterocycles. The SMILES string of the molecule is c1cc([C@H]2CCCN(CC3CC3)C2)[nH]n1. The minimum atomic E-state index is 0.694. The number of likely N-dealkylation sites (tertiary alicyclic amines) is 1. The van der Waals surface area contributed by atoms with Crippen LogP contribution in [0.2, 0.25) is 0 Å². The van der Waals surface area contributed by atoms with Crippen molar-refractivity contribution in [2.45, 2.75) is 31.6 Å². The number of H-pyrrole nitrogens is 1. The second-order valence-corrected chi connectivity index (χ2v) is 5.05. The molecule has 0 aromatic carbocycles. The molecule has 1 saturated carbocycles. The van der Waals surface area contributed by atoms with Crippen molar-refractivity contribution in [1.82, 2.24) is 15.1 Å². The number of hydrogen-bond donors (Lipinski definition) is 1. The fraction of sp³-hybridized carbons (Fsp3) is 0.750. The zero-order valence-electron chi connectivity index (χ0n) is 9.15. The summed E-state index contributed by atoms with van der Waals surface area (Å²) in [6.07, 6.45) is 7.46. The standard InChI is InChI=1S/C12H19N3/c1-2-11(12-5-6-13-14-12)9-15(7-1)8-10-3-4-10/h5-6,10-11H,1-4,7-9H2,(H,13,14)/t11-/m0/s1. The average molecular weight is 205 g/mol. The first-order valence-electron chi connectivity index (χ1n) is 6.13. The summed E-state index contributed by atoms with van der Waals surface area (Å²) in [6, 6.07) is 2.13. The number of rotatable bonds is 3. The molecular weight excluding hydrogens is 186 g/mol. The topological polar surface area (TPSA) is 31.9 Å². The molecule has 1 atom stereocenters. The molecule has 1 aliphatic carbocycles. The first kappa shape index (κ1) is 9.40. The van der Waals surface area contributed by atoms with Crippen molar-refractivity contribution < 1.29 is 0 Å². The van der Waals surface area contributed by atoms with Crippen LogP contribution in [-0.4, -0.2) is 34.7 Å². The molecule has 3 heteroatoms. The molecule has 0 radical (unpaired) electrons. The molecule has 0 bridgehead atoms. The highest BCUT2D eigenvalue weighted by atomic mass is 15.2. The van der Waals surface area contributed by atoms with Gasteiger partial charge in [0.25, 0.3) is 0 Å². The van der Waals surface area contributed by atoms with Crippen LogP contribution in [0.1, 0.15) is 37.3 Å². The molecule has 3 rings (SSSR count). The molecule has 2 fully saturated rings. The van der Waals surface area contributed by atoms with Crippen LogP contribution in [0.5, 0.6) is 0 Å². The Morgan fingerprint density at radius 3 is 3.07 bits per heavy atom. The van der Waals surface area contributed by atoms with Gasteiger partial charge in [0.15, 0.2) is 0 Å². The molecule has 2 aliphatic rings. The van der Waals surface area contributed by atoms with Crippen LogP contribution in [0, 0.1) is 5.92 Å². The summed E-state index contributed by atoms with van der Waals surface area (Å²) in [5.41, 5.74) is 1.33. The van der Waals surface area contributed by atoms with Gasteiger partial charge in [-0.05, 0) is 44.2 Å². The van der Waals surface area contributed by atoms with E-state index in [2.05, 4.69) is 21.2 Å². The first-order chi connectivity index (χ1) is 7.42. The third-order valence-electron chi connectivity index (χ3n) is 3.68. The van der Waals surface area contributed by atoms with Crippen LogP contribution < -0.4 is 0 Å². The fourth-order valence-corrected chi connectivity index (χ4v) is 2.63. The number of aromatic amines is 1. The van der Waals surface area contributed by atoms with Crippen molar-refractivity contribution in [1.29, 1.82) is 0 Å². The lowest BCUT2D eigenvalue weighted by molar-refractivity contribution is 0.198. The fourth-order valence-electron chi connectivity index (χ4n) is 2.63. The minimum absolute atomic E-state index is 0.694. The van der Waals surface area contributed by atoms with Gasteiger partial charge < -0.3 is 4.90 Å². The molecule has 0 amide bonds. The van der Waals surface area contributed by atoms with Crippen LogP contribution >= 0.6 is 0 Å². The highest BCUT2D eigenvalue weighted by Crippen LogP contribution is 2.32. The smallest absolute Gasteiger partial charge is 0.0490 e. The maximum atomic E-state index is 4.05. The van der Waals surface area contributed by atoms with Gasteiger partial charge in [-0.25, -0.2) is 0 Å². The number of nitrogens with zero attached hydrogens (tertiary/aromatic N) is 2. The van der Waals surface area contributed by atoms with Gasteiger partial charge in [-0.3, -0.25) is 5.10 Å². The lowest BCUT2D eigenvalue weighted by atomic mass is 9.95. The lowest BCUT2D eigenvalue weighted by Crippen LogP contribution is -2.35. The van der Waals surface area contributed by atoms with E-state index in [1.807, 2.05) is 6.20 Å². The van der Waals surface area contributed by atoms with E-state index < -0.39 is 0 Å². The summed E-state index contributed by atoms with van der Waals surface area (Å²) >= 11 is 0. The Kier molecular flexibility index (Phi) is 2.49. The third kappa shape index (κ3) is 2.23. The molecule has 3 nitrogen and oxygen atoms in total. The monoisotopic (exact) mass is 205 g/mol. The van der Waals surface area contributed by atoms with Gasteiger partial charge in [-0.1, -0.05) is 0 Å². The van der Waals surface area contributed by atoms with Gasteiger partial charge in [0.2, 0.25) is 0 Å². The van der Waals surface area contributed by atoms with E-state index in [4.69, 9.17) is 0 Å². The Balaban J connectivity index is 1.60. The van der Waals surface area contributed by atoms with Crippen molar-refractivity contribution in [3.05, 3.63) is 18.0 Å². The normalized spacial score (nSPS) is 28.1. The van der Waals surface area contributed by atoms with Gasteiger partial charge in [-0.2, -0.15) is 5.10 Å². The molecule has 82 valence electrons. The summed E-state index contributed by atoms with van der Waals surface area (Å²) in [4.78, 5) is 2.65. The zero-order valence-corrected chi connectivity index (χ0v) is 9.15. The maximum absolute atomic E-state index is 4.05. The van der Waals surface area contributed by atoms with Gasteiger partial charge in [0.1, 0.15) is 0 Å². The van der Waals surface area contributed by atoms with Crippen LogP contribution in [0.25, 0.3) is 0 Å². The summed E-state index contributed by atoms with van der Waals surface area (Å²) in [7, 11) is 0. The van der Waals surface area contributed by atoms with E-state index in [1.54, 1.807) is 0 Å². The highest BCUT2D eigenvalue weighted by molar-refractivity contribution is 5.07. The number of piperidine rings is 1. The predicted octanol–water partition coefficient (Wildman–Crippen LogP) is 2.00. The highest BCUT2D eigenvalue weighted by Gasteiger charge is 2.28. The van der Waals surface area contributed by atoms with E-state index in [0.29, 0.717) is 5.92 Å². The number of hydrogen-bond acceptors (Lipinski definition) is 2. The van der Waals surface area contributed by atoms with Gasteiger partial charge in [-0.15, -0.1) is 0 Å². The summed E-state index contributed by atoms with van der Waals surface area (Å²) < 4.78 is 0. The average Bonchev–Trinajstić information content (AvgIpc) is 2.91. The summed E-state index contributed by atoms with van der Waals surface area (Å²) in [6.45, 7) is 3.88. The van der Waals surface area contributed by atoms with Gasteiger partial charge in [0.05, 0.1) is 0 Å². The van der Waals surface area contributed by atoms with Crippen molar-refractivity contribution >= 4 is 0 Å². The van der Waals surface area contributed by atoms with Crippen LogP contribution in [0.3, 0.4) is 0 Å². The largest absolute Gasteiger partial charge is 0.302 e. The van der Waals surface area contributed by atoms with Gasteiger partial charge >= 0.3 is 0 Å². The van der Waals surface area contributed by atoms with Crippen molar-refractivity contribution in [2.24, 2.45) is 5.92 Å². The number of aromatic nitrogens is 2. The zero-order chi connectivity index (χ0) is 10.1. The molecule has 0 spiro atoms. The predicted molar refractivity (Wildman–Crippen MR) is 59.7 cm³/mol. The first-order valence-corrected chi connectivity index (χ1v) is 6.13. The van der Waals surface area contributed by atoms with Crippen LogP contribution in [0.4, 0.5) is 0 Å². The van der Waals surface area contributed by atoms with E-state index in [-0.39, 0.29) is 0 Å². The van der Waals surface area contributed by atoms with Crippen molar-refractivity contribution in [3.8, 4) is 0 Å². The summed E-state index contributed by atoms with van der Waals surface area (Å²) in [5, 5.41) is 7.17. The maximum Gasteiger partial charge on any atom is 0.0490 e. The van der Waals surface area contributed by atoms with E-state index in [9.17, 15) is 0 Å². The Labute approximate surface area is 90.9 Å². The van der Waals surface area contributed by atoms with Gasteiger partial charge in [0, 0.05) is 30.9 Å². The lowest BCUT2D eigenvalue weighted by Gasteiger charge is -2.32. The van der Waals surface area contributed by atoms with E-state index in [0.717, 1.165) is 5.92 Å². The Morgan fingerprint density at radius 2 is 2.33 bits per heavy atom. The van der Waals surface area contributed by atoms with E-state index in [1.165, 1.54) is 51.0 Å². The molecular formula is C12H19N3. The van der Waals surface area contributed by atoms with Crippen molar-refractivity contribution in [2.75, 3.05) is 19.6 Å². The van der Waals surface area contributed by atoms with Crippen LogP contribution in [-0.2, 0) is 0 Å². The Hall–Kier alpha value is -0.830. The molecule has 1 aromatic rings. The second kappa shape index (κ2) is 3.97. The minimum Gasteiger partial charge on any atom is -0.302 e. The molecule has 1 saturated heterocycles. The van der Waals surface area contributed by atoms with Crippen molar-refractivity contribution in [3.63, 3.8) is 0 Å². The molecule has 1 aliphatic heterocycles.